The number of nitrogens with two attached hydrogens (primary N) is 1. The largest absolute Gasteiger partial charge is 0.271 e. The van der Waals surface area contributed by atoms with Crippen molar-refractivity contribution in [1.82, 2.24) is 10.4 Å². The number of nitrogens with zero attached hydrogens (tertiary/aromatic N) is 1. The molecule has 1 aromatic heterocycles. The van der Waals surface area contributed by atoms with Gasteiger partial charge in [0, 0.05) is 12.6 Å². The molecule has 14 heavy (non-hydrogen) atoms. The average Bonchev–Trinajstić information content (AvgIpc) is 2.15. The number of pyridine rings is 1. The number of nitrogens with one attached hydrogen (secondary N) is 1. The molecule has 1 atom stereocenters. The Bertz CT molecular complexity index is 352. The van der Waals surface area contributed by atoms with Crippen LogP contribution in [-0.4, -0.2) is 4.98 Å². The molecular weight excluding hydrogens is 174 g/mol. The molecule has 3 N–H and O–H groups in total. The lowest BCUT2D eigenvalue weighted by molar-refractivity contribution is 0.550. The van der Waals surface area contributed by atoms with Gasteiger partial charge in [-0.25, -0.2) is 0 Å². The molecule has 3 nitrogen and oxygen atoms in total. The number of rotatable bonds is 3. The highest BCUT2D eigenvalue weighted by Gasteiger charge is 2.12. The Morgan fingerprint density at radius 3 is 2.86 bits per heavy atom. The Kier molecular flexibility index (Phi) is 3.63. The molecule has 0 saturated carbocycles. The van der Waals surface area contributed by atoms with Crippen LogP contribution in [0.1, 0.15) is 29.3 Å². The molecule has 1 rings (SSSR count). The Labute approximate surface area is 84.7 Å². The minimum Gasteiger partial charge on any atom is -0.271 e. The number of terminal acetylenes is 1. The van der Waals surface area contributed by atoms with Crippen molar-refractivity contribution in [3.8, 4) is 12.3 Å². The number of aromatic nitrogens is 1. The maximum Gasteiger partial charge on any atom is 0.0743 e. The third kappa shape index (κ3) is 2.32. The van der Waals surface area contributed by atoms with E-state index >= 15 is 0 Å². The molecule has 0 aromatic carbocycles. The fourth-order valence-electron chi connectivity index (χ4n) is 1.44. The summed E-state index contributed by atoms with van der Waals surface area (Å²) in [5.41, 5.74) is 5.86. The van der Waals surface area contributed by atoms with Gasteiger partial charge in [0.1, 0.15) is 0 Å². The van der Waals surface area contributed by atoms with Gasteiger partial charge in [-0.15, -0.1) is 12.3 Å². The first-order valence-corrected chi connectivity index (χ1v) is 4.51. The van der Waals surface area contributed by atoms with Crippen LogP contribution in [-0.2, 0) is 0 Å². The fraction of sp³-hybridized carbons (Fsp3) is 0.364. The molecule has 0 spiro atoms. The van der Waals surface area contributed by atoms with Crippen molar-refractivity contribution in [3.63, 3.8) is 0 Å². The predicted molar refractivity (Wildman–Crippen MR) is 57.2 cm³/mol. The first kappa shape index (κ1) is 10.7. The summed E-state index contributed by atoms with van der Waals surface area (Å²) in [6.07, 6.45) is 7.62. The van der Waals surface area contributed by atoms with Crippen LogP contribution < -0.4 is 11.3 Å². The maximum absolute atomic E-state index is 5.41. The van der Waals surface area contributed by atoms with Gasteiger partial charge < -0.3 is 0 Å². The standard InChI is InChI=1S/C11H15N3/c1-4-5-10(14-12)11-9(3)6-8(2)7-13-11/h1,6-7,10,14H,5,12H2,2-3H3. The van der Waals surface area contributed by atoms with E-state index in [-0.39, 0.29) is 6.04 Å². The third-order valence-corrected chi connectivity index (χ3v) is 2.11. The van der Waals surface area contributed by atoms with Crippen molar-refractivity contribution in [3.05, 3.63) is 29.1 Å². The fourth-order valence-corrected chi connectivity index (χ4v) is 1.44. The lowest BCUT2D eigenvalue weighted by Crippen LogP contribution is -2.29. The highest BCUT2D eigenvalue weighted by atomic mass is 15.2. The van der Waals surface area contributed by atoms with E-state index in [1.165, 1.54) is 0 Å². The van der Waals surface area contributed by atoms with Crippen molar-refractivity contribution in [2.75, 3.05) is 0 Å². The molecule has 74 valence electrons. The zero-order chi connectivity index (χ0) is 10.6. The summed E-state index contributed by atoms with van der Waals surface area (Å²) in [5, 5.41) is 0. The second kappa shape index (κ2) is 4.75. The van der Waals surface area contributed by atoms with Gasteiger partial charge in [0.15, 0.2) is 0 Å². The van der Waals surface area contributed by atoms with E-state index in [4.69, 9.17) is 12.3 Å². The van der Waals surface area contributed by atoms with Crippen LogP contribution in [0.3, 0.4) is 0 Å². The lowest BCUT2D eigenvalue weighted by Gasteiger charge is -2.14. The second-order valence-corrected chi connectivity index (χ2v) is 3.34. The number of hydrogen-bond acceptors (Lipinski definition) is 3. The zero-order valence-electron chi connectivity index (χ0n) is 8.54. The van der Waals surface area contributed by atoms with Crippen LogP contribution in [0.4, 0.5) is 0 Å². The average molecular weight is 189 g/mol. The van der Waals surface area contributed by atoms with Gasteiger partial charge >= 0.3 is 0 Å². The smallest absolute Gasteiger partial charge is 0.0743 e. The summed E-state index contributed by atoms with van der Waals surface area (Å²) >= 11 is 0. The van der Waals surface area contributed by atoms with Crippen molar-refractivity contribution < 1.29 is 0 Å². The predicted octanol–water partition coefficient (Wildman–Crippen LogP) is 1.23. The summed E-state index contributed by atoms with van der Waals surface area (Å²) in [5.74, 6) is 7.99. The van der Waals surface area contributed by atoms with E-state index in [1.807, 2.05) is 20.0 Å². The molecule has 1 aromatic rings. The highest BCUT2D eigenvalue weighted by molar-refractivity contribution is 5.26. The molecule has 1 unspecified atom stereocenters. The second-order valence-electron chi connectivity index (χ2n) is 3.34. The summed E-state index contributed by atoms with van der Waals surface area (Å²) in [4.78, 5) is 4.33. The van der Waals surface area contributed by atoms with Gasteiger partial charge in [0.2, 0.25) is 0 Å². The number of hydrazine groups is 1. The molecule has 0 saturated heterocycles. The molecule has 0 bridgehead atoms. The molecule has 0 amide bonds. The minimum absolute atomic E-state index is 0.0550. The van der Waals surface area contributed by atoms with Gasteiger partial charge in [0.25, 0.3) is 0 Å². The van der Waals surface area contributed by atoms with Crippen LogP contribution in [0, 0.1) is 26.2 Å². The van der Waals surface area contributed by atoms with Crippen LogP contribution in [0.2, 0.25) is 0 Å². The van der Waals surface area contributed by atoms with E-state index in [0.29, 0.717) is 6.42 Å². The van der Waals surface area contributed by atoms with Gasteiger partial charge in [0.05, 0.1) is 11.7 Å². The molecule has 0 fully saturated rings. The third-order valence-electron chi connectivity index (χ3n) is 2.11. The van der Waals surface area contributed by atoms with Crippen LogP contribution in [0.25, 0.3) is 0 Å². The Morgan fingerprint density at radius 2 is 2.36 bits per heavy atom. The Balaban J connectivity index is 2.99. The quantitative estimate of drug-likeness (QED) is 0.427. The molecule has 3 heteroatoms. The van der Waals surface area contributed by atoms with Crippen LogP contribution in [0.15, 0.2) is 12.3 Å². The van der Waals surface area contributed by atoms with Crippen molar-refractivity contribution in [2.45, 2.75) is 26.3 Å². The number of hydrogen-bond donors (Lipinski definition) is 2. The van der Waals surface area contributed by atoms with Crippen molar-refractivity contribution >= 4 is 0 Å². The molecule has 0 aliphatic heterocycles. The van der Waals surface area contributed by atoms with Crippen LogP contribution >= 0.6 is 0 Å². The van der Waals surface area contributed by atoms with Crippen molar-refractivity contribution in [1.29, 1.82) is 0 Å². The van der Waals surface area contributed by atoms with Crippen LogP contribution in [0.5, 0.6) is 0 Å². The van der Waals surface area contributed by atoms with E-state index in [1.54, 1.807) is 0 Å². The summed E-state index contributed by atoms with van der Waals surface area (Å²) < 4.78 is 0. The molecule has 0 radical (unpaired) electrons. The van der Waals surface area contributed by atoms with Gasteiger partial charge in [-0.05, 0) is 25.0 Å². The SMILES string of the molecule is C#CCC(NN)c1ncc(C)cc1C. The Morgan fingerprint density at radius 1 is 1.64 bits per heavy atom. The minimum atomic E-state index is -0.0550. The maximum atomic E-state index is 5.41. The summed E-state index contributed by atoms with van der Waals surface area (Å²) in [6.45, 7) is 4.02. The molecular formula is C11H15N3. The van der Waals surface area contributed by atoms with Crippen molar-refractivity contribution in [2.24, 2.45) is 5.84 Å². The van der Waals surface area contributed by atoms with Gasteiger partial charge in [-0.1, -0.05) is 6.07 Å². The van der Waals surface area contributed by atoms with E-state index in [2.05, 4.69) is 22.4 Å². The van der Waals surface area contributed by atoms with Gasteiger partial charge in [-0.3, -0.25) is 16.3 Å². The lowest BCUT2D eigenvalue weighted by atomic mass is 10.0. The van der Waals surface area contributed by atoms with Gasteiger partial charge in [-0.2, -0.15) is 0 Å². The summed E-state index contributed by atoms with van der Waals surface area (Å²) in [7, 11) is 0. The highest BCUT2D eigenvalue weighted by Crippen LogP contribution is 2.17. The van der Waals surface area contributed by atoms with E-state index in [9.17, 15) is 0 Å². The summed E-state index contributed by atoms with van der Waals surface area (Å²) in [6, 6.07) is 2.02. The van der Waals surface area contributed by atoms with E-state index < -0.39 is 0 Å². The Hall–Kier alpha value is -1.37. The van der Waals surface area contributed by atoms with E-state index in [0.717, 1.165) is 16.8 Å². The molecule has 0 aliphatic rings. The molecule has 1 heterocycles. The first-order valence-electron chi connectivity index (χ1n) is 4.51. The first-order chi connectivity index (χ1) is 6.69. The normalized spacial score (nSPS) is 12.1. The zero-order valence-corrected chi connectivity index (χ0v) is 8.54. The number of aryl methyl sites for hydroxylation is 2. The topological polar surface area (TPSA) is 50.9 Å². The monoisotopic (exact) mass is 189 g/mol. The molecule has 0 aliphatic carbocycles.